The van der Waals surface area contributed by atoms with Crippen LogP contribution in [0.5, 0.6) is 11.5 Å². The standard InChI is InChI=1S/C17H16FNO5/c1-22-11-5-6-12(15(9-11)23-2)16(20)19-14-7-4-10(8-13(14)18)17(21)24-3/h4-9H,1-3H3,(H,19,20). The molecule has 1 N–H and O–H groups in total. The first-order chi connectivity index (χ1) is 11.5. The lowest BCUT2D eigenvalue weighted by atomic mass is 10.1. The fourth-order valence-electron chi connectivity index (χ4n) is 2.04. The molecule has 0 aliphatic rings. The molecule has 0 atom stereocenters. The number of hydrogen-bond donors (Lipinski definition) is 1. The molecule has 2 rings (SSSR count). The van der Waals surface area contributed by atoms with Crippen LogP contribution in [0.1, 0.15) is 20.7 Å². The smallest absolute Gasteiger partial charge is 0.337 e. The topological polar surface area (TPSA) is 73.9 Å². The largest absolute Gasteiger partial charge is 0.497 e. The van der Waals surface area contributed by atoms with E-state index in [9.17, 15) is 14.0 Å². The highest BCUT2D eigenvalue weighted by atomic mass is 19.1. The van der Waals surface area contributed by atoms with Crippen molar-refractivity contribution in [1.82, 2.24) is 0 Å². The van der Waals surface area contributed by atoms with E-state index in [1.165, 1.54) is 39.5 Å². The van der Waals surface area contributed by atoms with E-state index in [0.29, 0.717) is 11.5 Å². The van der Waals surface area contributed by atoms with Gasteiger partial charge < -0.3 is 19.5 Å². The van der Waals surface area contributed by atoms with Crippen LogP contribution in [0, 0.1) is 5.82 Å². The highest BCUT2D eigenvalue weighted by molar-refractivity contribution is 6.06. The lowest BCUT2D eigenvalue weighted by Crippen LogP contribution is -2.14. The van der Waals surface area contributed by atoms with Crippen molar-refractivity contribution in [2.45, 2.75) is 0 Å². The van der Waals surface area contributed by atoms with Crippen LogP contribution in [0.4, 0.5) is 10.1 Å². The van der Waals surface area contributed by atoms with Crippen LogP contribution in [0.3, 0.4) is 0 Å². The minimum absolute atomic E-state index is 0.0510. The molecule has 0 fully saturated rings. The summed E-state index contributed by atoms with van der Waals surface area (Å²) in [4.78, 5) is 23.7. The first-order valence-electron chi connectivity index (χ1n) is 6.91. The predicted molar refractivity (Wildman–Crippen MR) is 85.2 cm³/mol. The molecule has 0 aliphatic heterocycles. The summed E-state index contributed by atoms with van der Waals surface area (Å²) in [6.45, 7) is 0. The van der Waals surface area contributed by atoms with Crippen LogP contribution < -0.4 is 14.8 Å². The summed E-state index contributed by atoms with van der Waals surface area (Å²) >= 11 is 0. The van der Waals surface area contributed by atoms with Gasteiger partial charge in [-0.15, -0.1) is 0 Å². The zero-order valence-electron chi connectivity index (χ0n) is 13.4. The van der Waals surface area contributed by atoms with Crippen molar-refractivity contribution in [2.24, 2.45) is 0 Å². The molecule has 0 heterocycles. The number of carbonyl (C=O) groups excluding carboxylic acids is 2. The highest BCUT2D eigenvalue weighted by Crippen LogP contribution is 2.26. The summed E-state index contributed by atoms with van der Waals surface area (Å²) in [7, 11) is 4.11. The molecular weight excluding hydrogens is 317 g/mol. The molecule has 0 aliphatic carbocycles. The van der Waals surface area contributed by atoms with Gasteiger partial charge in [0.05, 0.1) is 38.1 Å². The van der Waals surface area contributed by atoms with Crippen LogP contribution in [0.25, 0.3) is 0 Å². The molecule has 0 spiro atoms. The molecule has 24 heavy (non-hydrogen) atoms. The zero-order chi connectivity index (χ0) is 17.7. The van der Waals surface area contributed by atoms with Crippen LogP contribution in [0.2, 0.25) is 0 Å². The second-order valence-electron chi connectivity index (χ2n) is 4.71. The van der Waals surface area contributed by atoms with Gasteiger partial charge in [0, 0.05) is 6.07 Å². The van der Waals surface area contributed by atoms with Crippen molar-refractivity contribution in [3.8, 4) is 11.5 Å². The number of hydrogen-bond acceptors (Lipinski definition) is 5. The molecule has 0 bridgehead atoms. The molecule has 0 radical (unpaired) electrons. The van der Waals surface area contributed by atoms with Crippen LogP contribution in [-0.4, -0.2) is 33.2 Å². The third-order valence-corrected chi connectivity index (χ3v) is 3.29. The fourth-order valence-corrected chi connectivity index (χ4v) is 2.04. The average molecular weight is 333 g/mol. The number of carbonyl (C=O) groups is 2. The van der Waals surface area contributed by atoms with Crippen molar-refractivity contribution in [1.29, 1.82) is 0 Å². The number of amides is 1. The molecule has 0 aromatic heterocycles. The van der Waals surface area contributed by atoms with E-state index in [4.69, 9.17) is 9.47 Å². The summed E-state index contributed by atoms with van der Waals surface area (Å²) in [6, 6.07) is 8.28. The minimum atomic E-state index is -0.751. The van der Waals surface area contributed by atoms with Crippen LogP contribution >= 0.6 is 0 Å². The lowest BCUT2D eigenvalue weighted by molar-refractivity contribution is 0.0600. The van der Waals surface area contributed by atoms with Gasteiger partial charge in [-0.2, -0.15) is 0 Å². The van der Waals surface area contributed by atoms with Gasteiger partial charge in [0.2, 0.25) is 0 Å². The Balaban J connectivity index is 2.25. The molecule has 2 aromatic carbocycles. The Hall–Kier alpha value is -3.09. The van der Waals surface area contributed by atoms with Crippen molar-refractivity contribution in [2.75, 3.05) is 26.6 Å². The Morgan fingerprint density at radius 1 is 1.00 bits per heavy atom. The molecule has 0 saturated carbocycles. The Kier molecular flexibility index (Phi) is 5.36. The van der Waals surface area contributed by atoms with Crippen LogP contribution in [0.15, 0.2) is 36.4 Å². The van der Waals surface area contributed by atoms with E-state index < -0.39 is 17.7 Å². The number of nitrogens with one attached hydrogen (secondary N) is 1. The van der Waals surface area contributed by atoms with E-state index in [1.54, 1.807) is 12.1 Å². The maximum absolute atomic E-state index is 14.1. The maximum Gasteiger partial charge on any atom is 0.337 e. The zero-order valence-corrected chi connectivity index (χ0v) is 13.4. The summed E-state index contributed by atoms with van der Waals surface area (Å²) in [5.74, 6) is -1.16. The average Bonchev–Trinajstić information content (AvgIpc) is 2.61. The Bertz CT molecular complexity index is 776. The summed E-state index contributed by atoms with van der Waals surface area (Å²) in [6.07, 6.45) is 0. The number of rotatable bonds is 5. The summed E-state index contributed by atoms with van der Waals surface area (Å²) < 4.78 is 28.8. The minimum Gasteiger partial charge on any atom is -0.497 e. The molecule has 7 heteroatoms. The number of esters is 1. The van der Waals surface area contributed by atoms with Gasteiger partial charge in [-0.1, -0.05) is 0 Å². The number of anilines is 1. The van der Waals surface area contributed by atoms with Crippen molar-refractivity contribution in [3.63, 3.8) is 0 Å². The third-order valence-electron chi connectivity index (χ3n) is 3.29. The molecule has 0 saturated heterocycles. The van der Waals surface area contributed by atoms with E-state index in [-0.39, 0.29) is 16.8 Å². The number of ether oxygens (including phenoxy) is 3. The van der Waals surface area contributed by atoms with Gasteiger partial charge in [0.25, 0.3) is 5.91 Å². The second-order valence-corrected chi connectivity index (χ2v) is 4.71. The fraction of sp³-hybridized carbons (Fsp3) is 0.176. The van der Waals surface area contributed by atoms with Gasteiger partial charge in [-0.3, -0.25) is 4.79 Å². The number of benzene rings is 2. The lowest BCUT2D eigenvalue weighted by Gasteiger charge is -2.11. The highest BCUT2D eigenvalue weighted by Gasteiger charge is 2.16. The van der Waals surface area contributed by atoms with Gasteiger partial charge in [-0.05, 0) is 30.3 Å². The molecule has 1 amide bonds. The van der Waals surface area contributed by atoms with Crippen molar-refractivity contribution < 1.29 is 28.2 Å². The number of methoxy groups -OCH3 is 3. The quantitative estimate of drug-likeness (QED) is 0.852. The van der Waals surface area contributed by atoms with Gasteiger partial charge in [0.1, 0.15) is 17.3 Å². The monoisotopic (exact) mass is 333 g/mol. The summed E-state index contributed by atoms with van der Waals surface area (Å²) in [5, 5.41) is 2.44. The molecule has 0 unspecified atom stereocenters. The van der Waals surface area contributed by atoms with Crippen LogP contribution in [-0.2, 0) is 4.74 Å². The third kappa shape index (κ3) is 3.62. The molecule has 2 aromatic rings. The van der Waals surface area contributed by atoms with Gasteiger partial charge >= 0.3 is 5.97 Å². The van der Waals surface area contributed by atoms with E-state index >= 15 is 0 Å². The molecule has 126 valence electrons. The Morgan fingerprint density at radius 3 is 2.33 bits per heavy atom. The predicted octanol–water partition coefficient (Wildman–Crippen LogP) is 2.88. The molecular formula is C17H16FNO5. The second kappa shape index (κ2) is 7.45. The normalized spacial score (nSPS) is 10.0. The summed E-state index contributed by atoms with van der Waals surface area (Å²) in [5.41, 5.74) is 0.204. The number of halogens is 1. The van der Waals surface area contributed by atoms with Gasteiger partial charge in [0.15, 0.2) is 0 Å². The van der Waals surface area contributed by atoms with Crippen molar-refractivity contribution in [3.05, 3.63) is 53.3 Å². The first kappa shape index (κ1) is 17.3. The first-order valence-corrected chi connectivity index (χ1v) is 6.91. The Morgan fingerprint density at radius 2 is 1.75 bits per heavy atom. The van der Waals surface area contributed by atoms with E-state index in [1.807, 2.05) is 0 Å². The maximum atomic E-state index is 14.1. The SMILES string of the molecule is COC(=O)c1ccc(NC(=O)c2ccc(OC)cc2OC)c(F)c1. The van der Waals surface area contributed by atoms with Crippen molar-refractivity contribution >= 4 is 17.6 Å². The molecule has 6 nitrogen and oxygen atoms in total. The van der Waals surface area contributed by atoms with Gasteiger partial charge in [-0.25, -0.2) is 9.18 Å². The van der Waals surface area contributed by atoms with E-state index in [2.05, 4.69) is 10.1 Å². The van der Waals surface area contributed by atoms with E-state index in [0.717, 1.165) is 6.07 Å². The Labute approximate surface area is 138 Å².